The summed E-state index contributed by atoms with van der Waals surface area (Å²) in [5, 5.41) is 3.18. The molecule has 2 N–H and O–H groups in total. The Bertz CT molecular complexity index is 584. The first-order chi connectivity index (χ1) is 9.40. The summed E-state index contributed by atoms with van der Waals surface area (Å²) in [6.07, 6.45) is 1.93. The molecule has 0 aliphatic carbocycles. The molecule has 1 aromatic carbocycles. The molecule has 0 aromatic heterocycles. The summed E-state index contributed by atoms with van der Waals surface area (Å²) in [6.45, 7) is 3.34. The van der Waals surface area contributed by atoms with Crippen molar-refractivity contribution in [3.05, 3.63) is 29.3 Å². The Morgan fingerprint density at radius 2 is 2.10 bits per heavy atom. The Morgan fingerprint density at radius 1 is 1.35 bits per heavy atom. The van der Waals surface area contributed by atoms with E-state index >= 15 is 0 Å². The maximum Gasteiger partial charge on any atom is 0.243 e. The molecule has 1 aliphatic rings. The quantitative estimate of drug-likeness (QED) is 0.887. The lowest BCUT2D eigenvalue weighted by molar-refractivity contribution is 0.375. The van der Waals surface area contributed by atoms with Crippen LogP contribution in [0.4, 0.5) is 8.78 Å². The number of hydrogen-bond acceptors (Lipinski definition) is 3. The highest BCUT2D eigenvalue weighted by atomic mass is 32.2. The maximum atomic E-state index is 13.6. The van der Waals surface area contributed by atoms with E-state index in [1.54, 1.807) is 0 Å². The van der Waals surface area contributed by atoms with Gasteiger partial charge in [-0.2, -0.15) is 0 Å². The van der Waals surface area contributed by atoms with Crippen molar-refractivity contribution in [1.82, 2.24) is 10.0 Å². The largest absolute Gasteiger partial charge is 0.316 e. The van der Waals surface area contributed by atoms with E-state index in [1.165, 1.54) is 6.92 Å². The average molecular weight is 304 g/mol. The van der Waals surface area contributed by atoms with E-state index in [9.17, 15) is 17.2 Å². The minimum absolute atomic E-state index is 0.103. The molecule has 1 aromatic rings. The van der Waals surface area contributed by atoms with Crippen LogP contribution in [0.5, 0.6) is 0 Å². The molecule has 1 heterocycles. The van der Waals surface area contributed by atoms with Crippen LogP contribution in [-0.2, 0) is 10.0 Å². The zero-order valence-corrected chi connectivity index (χ0v) is 12.1. The first-order valence-electron chi connectivity index (χ1n) is 6.56. The van der Waals surface area contributed by atoms with E-state index in [1.807, 2.05) is 0 Å². The predicted molar refractivity (Wildman–Crippen MR) is 71.9 cm³/mol. The lowest BCUT2D eigenvalue weighted by atomic mass is 10.0. The van der Waals surface area contributed by atoms with Crippen molar-refractivity contribution >= 4 is 10.0 Å². The summed E-state index contributed by atoms with van der Waals surface area (Å²) >= 11 is 0. The summed E-state index contributed by atoms with van der Waals surface area (Å²) in [7, 11) is -3.95. The molecule has 4 nitrogen and oxygen atoms in total. The number of benzene rings is 1. The third-order valence-corrected chi connectivity index (χ3v) is 4.90. The first kappa shape index (κ1) is 15.3. The van der Waals surface area contributed by atoms with Crippen molar-refractivity contribution in [2.75, 3.05) is 19.6 Å². The molecule has 0 spiro atoms. The number of aryl methyl sites for hydroxylation is 1. The highest BCUT2D eigenvalue weighted by Gasteiger charge is 2.22. The molecular formula is C13H18F2N2O2S. The first-order valence-corrected chi connectivity index (χ1v) is 8.04. The zero-order valence-electron chi connectivity index (χ0n) is 11.2. The van der Waals surface area contributed by atoms with Crippen molar-refractivity contribution in [2.24, 2.45) is 5.92 Å². The number of nitrogens with one attached hydrogen (secondary N) is 2. The fourth-order valence-corrected chi connectivity index (χ4v) is 3.50. The van der Waals surface area contributed by atoms with Crippen molar-refractivity contribution in [2.45, 2.75) is 24.7 Å². The van der Waals surface area contributed by atoms with Gasteiger partial charge in [-0.15, -0.1) is 0 Å². The molecule has 0 amide bonds. The molecule has 20 heavy (non-hydrogen) atoms. The third-order valence-electron chi connectivity index (χ3n) is 3.46. The van der Waals surface area contributed by atoms with Gasteiger partial charge in [0.15, 0.2) is 0 Å². The standard InChI is InChI=1S/C13H18F2N2O2S/c1-9-5-13(12(15)6-11(9)14)20(18,19)17-8-10-3-2-4-16-7-10/h5-6,10,16-17H,2-4,7-8H2,1H3/t10-/m1/s1. The van der Waals surface area contributed by atoms with E-state index < -0.39 is 26.6 Å². The fourth-order valence-electron chi connectivity index (χ4n) is 2.24. The van der Waals surface area contributed by atoms with Crippen molar-refractivity contribution in [3.8, 4) is 0 Å². The minimum Gasteiger partial charge on any atom is -0.316 e. The molecule has 0 bridgehead atoms. The Balaban J connectivity index is 2.11. The van der Waals surface area contributed by atoms with Crippen molar-refractivity contribution in [1.29, 1.82) is 0 Å². The highest BCUT2D eigenvalue weighted by molar-refractivity contribution is 7.89. The molecule has 1 aliphatic heterocycles. The van der Waals surface area contributed by atoms with Gasteiger partial charge in [0.1, 0.15) is 16.5 Å². The number of halogens is 2. The summed E-state index contributed by atoms with van der Waals surface area (Å²) in [6, 6.07) is 1.62. The van der Waals surface area contributed by atoms with Gasteiger partial charge in [-0.3, -0.25) is 0 Å². The van der Waals surface area contributed by atoms with Crippen LogP contribution in [0.25, 0.3) is 0 Å². The third kappa shape index (κ3) is 3.53. The van der Waals surface area contributed by atoms with Crippen molar-refractivity contribution < 1.29 is 17.2 Å². The number of hydrogen-bond donors (Lipinski definition) is 2. The Hall–Kier alpha value is -1.05. The number of piperidine rings is 1. The van der Waals surface area contributed by atoms with E-state index in [0.29, 0.717) is 6.07 Å². The van der Waals surface area contributed by atoms with Crippen LogP contribution >= 0.6 is 0 Å². The smallest absolute Gasteiger partial charge is 0.243 e. The Kier molecular flexibility index (Phi) is 4.72. The lowest BCUT2D eigenvalue weighted by Gasteiger charge is -2.22. The van der Waals surface area contributed by atoms with E-state index in [2.05, 4.69) is 10.0 Å². The normalized spacial score (nSPS) is 20.1. The molecule has 0 unspecified atom stereocenters. The van der Waals surface area contributed by atoms with Crippen molar-refractivity contribution in [3.63, 3.8) is 0 Å². The summed E-state index contributed by atoms with van der Waals surface area (Å²) in [4.78, 5) is -0.500. The molecule has 112 valence electrons. The minimum atomic E-state index is -3.95. The predicted octanol–water partition coefficient (Wildman–Crippen LogP) is 1.55. The van der Waals surface area contributed by atoms with Crippen LogP contribution < -0.4 is 10.0 Å². The van der Waals surface area contributed by atoms with E-state index in [4.69, 9.17) is 0 Å². The van der Waals surface area contributed by atoms with E-state index in [-0.39, 0.29) is 18.0 Å². The number of rotatable bonds is 4. The molecular weight excluding hydrogens is 286 g/mol. The van der Waals surface area contributed by atoms with Crippen LogP contribution in [0.15, 0.2) is 17.0 Å². The van der Waals surface area contributed by atoms with Crippen LogP contribution in [0.3, 0.4) is 0 Å². The highest BCUT2D eigenvalue weighted by Crippen LogP contribution is 2.19. The second kappa shape index (κ2) is 6.15. The second-order valence-electron chi connectivity index (χ2n) is 5.10. The van der Waals surface area contributed by atoms with Crippen LogP contribution in [0, 0.1) is 24.5 Å². The SMILES string of the molecule is Cc1cc(S(=O)(=O)NC[C@@H]2CCCNC2)c(F)cc1F. The topological polar surface area (TPSA) is 58.2 Å². The van der Waals surface area contributed by atoms with Gasteiger partial charge in [0, 0.05) is 12.6 Å². The van der Waals surface area contributed by atoms with Crippen LogP contribution in [-0.4, -0.2) is 28.1 Å². The Morgan fingerprint density at radius 3 is 2.75 bits per heavy atom. The number of sulfonamides is 1. The van der Waals surface area contributed by atoms with Gasteiger partial charge in [-0.25, -0.2) is 21.9 Å². The van der Waals surface area contributed by atoms with Crippen LogP contribution in [0.2, 0.25) is 0 Å². The molecule has 7 heteroatoms. The van der Waals surface area contributed by atoms with Crippen LogP contribution in [0.1, 0.15) is 18.4 Å². The van der Waals surface area contributed by atoms with Gasteiger partial charge in [0.25, 0.3) is 0 Å². The van der Waals surface area contributed by atoms with Gasteiger partial charge < -0.3 is 5.32 Å². The molecule has 1 saturated heterocycles. The van der Waals surface area contributed by atoms with Gasteiger partial charge in [0.05, 0.1) is 0 Å². The molecule has 0 saturated carbocycles. The average Bonchev–Trinajstić information content (AvgIpc) is 2.42. The summed E-state index contributed by atoms with van der Waals surface area (Å²) < 4.78 is 53.3. The second-order valence-corrected chi connectivity index (χ2v) is 6.83. The maximum absolute atomic E-state index is 13.6. The Labute approximate surface area is 117 Å². The van der Waals surface area contributed by atoms with Gasteiger partial charge in [-0.05, 0) is 50.4 Å². The van der Waals surface area contributed by atoms with Gasteiger partial charge in [-0.1, -0.05) is 0 Å². The molecule has 1 atom stereocenters. The zero-order chi connectivity index (χ0) is 14.8. The van der Waals surface area contributed by atoms with Gasteiger partial charge in [0.2, 0.25) is 10.0 Å². The molecule has 0 radical (unpaired) electrons. The monoisotopic (exact) mass is 304 g/mol. The molecule has 1 fully saturated rings. The van der Waals surface area contributed by atoms with Gasteiger partial charge >= 0.3 is 0 Å². The lowest BCUT2D eigenvalue weighted by Crippen LogP contribution is -2.38. The molecule has 2 rings (SSSR count). The summed E-state index contributed by atoms with van der Waals surface area (Å²) in [5.41, 5.74) is 0.103. The van der Waals surface area contributed by atoms with E-state index in [0.717, 1.165) is 32.0 Å². The summed E-state index contributed by atoms with van der Waals surface area (Å²) in [5.74, 6) is -1.62. The fraction of sp³-hybridized carbons (Fsp3) is 0.538.